The number of hydrogen-bond donors (Lipinski definition) is 1. The second-order valence-corrected chi connectivity index (χ2v) is 8.19. The Hall–Kier alpha value is -1.13. The summed E-state index contributed by atoms with van der Waals surface area (Å²) in [4.78, 5) is 26.5. The number of rotatable bonds is 5. The third kappa shape index (κ3) is 4.17. The molecule has 2 atom stereocenters. The van der Waals surface area contributed by atoms with Crippen LogP contribution in [0.5, 0.6) is 5.75 Å². The number of benzene rings is 1. The molecule has 2 rings (SSSR count). The number of carbonyl (C=O) groups excluding carboxylic acids is 2. The Morgan fingerprint density at radius 2 is 2.08 bits per heavy atom. The Morgan fingerprint density at radius 3 is 2.64 bits per heavy atom. The van der Waals surface area contributed by atoms with Gasteiger partial charge in [0, 0.05) is 23.6 Å². The van der Waals surface area contributed by atoms with Crippen LogP contribution >= 0.6 is 31.9 Å². The van der Waals surface area contributed by atoms with Crippen molar-refractivity contribution >= 4 is 49.2 Å². The van der Waals surface area contributed by atoms with Crippen LogP contribution in [0.1, 0.15) is 13.3 Å². The highest BCUT2D eigenvalue weighted by molar-refractivity contribution is 9.12. The lowest BCUT2D eigenvalue weighted by Gasteiger charge is -2.29. The van der Waals surface area contributed by atoms with Gasteiger partial charge in [-0.2, -0.15) is 0 Å². The SMILES string of the molecule is CC(Br)(CBr)C(=O)C1(N)CCN(c2cccc(OC(F)(F)F)c2)C1=O. The zero-order chi connectivity index (χ0) is 19.0. The lowest BCUT2D eigenvalue weighted by atomic mass is 9.86. The van der Waals surface area contributed by atoms with Gasteiger partial charge in [-0.25, -0.2) is 0 Å². The smallest absolute Gasteiger partial charge is 0.406 e. The average molecular weight is 488 g/mol. The van der Waals surface area contributed by atoms with Gasteiger partial charge in [0.1, 0.15) is 5.75 Å². The van der Waals surface area contributed by atoms with Gasteiger partial charge in [-0.1, -0.05) is 37.9 Å². The summed E-state index contributed by atoms with van der Waals surface area (Å²) in [5.41, 5.74) is 4.51. The van der Waals surface area contributed by atoms with Gasteiger partial charge in [-0.3, -0.25) is 9.59 Å². The van der Waals surface area contributed by atoms with Crippen molar-refractivity contribution in [3.05, 3.63) is 24.3 Å². The minimum atomic E-state index is -4.84. The molecular weight excluding hydrogens is 473 g/mol. The van der Waals surface area contributed by atoms with Gasteiger partial charge in [0.15, 0.2) is 11.3 Å². The van der Waals surface area contributed by atoms with Gasteiger partial charge in [-0.15, -0.1) is 13.2 Å². The summed E-state index contributed by atoms with van der Waals surface area (Å²) in [7, 11) is 0. The third-order valence-electron chi connectivity index (χ3n) is 3.85. The number of alkyl halides is 5. The molecule has 1 aromatic carbocycles. The Labute approximate surface area is 158 Å². The number of nitrogens with zero attached hydrogens (tertiary/aromatic N) is 1. The van der Waals surface area contributed by atoms with Crippen LogP contribution < -0.4 is 15.4 Å². The van der Waals surface area contributed by atoms with E-state index in [4.69, 9.17) is 5.73 Å². The largest absolute Gasteiger partial charge is 0.573 e. The summed E-state index contributed by atoms with van der Waals surface area (Å²) >= 11 is 6.44. The normalized spacial score (nSPS) is 23.5. The van der Waals surface area contributed by atoms with Crippen LogP contribution in [0.2, 0.25) is 0 Å². The summed E-state index contributed by atoms with van der Waals surface area (Å²) in [5.74, 6) is -1.61. The van der Waals surface area contributed by atoms with Gasteiger partial charge in [0.2, 0.25) is 0 Å². The Morgan fingerprint density at radius 1 is 1.44 bits per heavy atom. The van der Waals surface area contributed by atoms with Crippen molar-refractivity contribution in [2.24, 2.45) is 5.73 Å². The molecule has 1 aliphatic heterocycles. The monoisotopic (exact) mass is 486 g/mol. The number of anilines is 1. The zero-order valence-electron chi connectivity index (χ0n) is 13.1. The summed E-state index contributed by atoms with van der Waals surface area (Å²) < 4.78 is 39.9. The molecule has 1 saturated heterocycles. The number of carbonyl (C=O) groups is 2. The highest BCUT2D eigenvalue weighted by Gasteiger charge is 2.54. The zero-order valence-corrected chi connectivity index (χ0v) is 16.2. The lowest BCUT2D eigenvalue weighted by Crippen LogP contribution is -2.60. The van der Waals surface area contributed by atoms with E-state index in [1.54, 1.807) is 6.92 Å². The molecule has 10 heteroatoms. The third-order valence-corrected chi connectivity index (χ3v) is 6.36. The second-order valence-electron chi connectivity index (χ2n) is 5.88. The predicted octanol–water partition coefficient (Wildman–Crippen LogP) is 3.14. The molecule has 2 N–H and O–H groups in total. The molecule has 5 nitrogen and oxygen atoms in total. The van der Waals surface area contributed by atoms with Gasteiger partial charge >= 0.3 is 6.36 Å². The van der Waals surface area contributed by atoms with E-state index in [1.165, 1.54) is 17.0 Å². The predicted molar refractivity (Wildman–Crippen MR) is 93.1 cm³/mol. The first-order valence-electron chi connectivity index (χ1n) is 7.17. The number of halogens is 5. The van der Waals surface area contributed by atoms with Crippen LogP contribution in [0.4, 0.5) is 18.9 Å². The van der Waals surface area contributed by atoms with E-state index < -0.39 is 33.7 Å². The Balaban J connectivity index is 2.28. The average Bonchev–Trinajstić information content (AvgIpc) is 2.82. The molecule has 25 heavy (non-hydrogen) atoms. The molecule has 0 bridgehead atoms. The molecule has 2 unspecified atom stereocenters. The van der Waals surface area contributed by atoms with Gasteiger partial charge < -0.3 is 15.4 Å². The van der Waals surface area contributed by atoms with E-state index in [-0.39, 0.29) is 24.0 Å². The van der Waals surface area contributed by atoms with E-state index in [0.29, 0.717) is 0 Å². The fourth-order valence-corrected chi connectivity index (χ4v) is 3.18. The van der Waals surface area contributed by atoms with E-state index in [2.05, 4.69) is 36.6 Å². The molecule has 0 aromatic heterocycles. The van der Waals surface area contributed by atoms with Crippen LogP contribution in [0, 0.1) is 0 Å². The summed E-state index contributed by atoms with van der Waals surface area (Å²) in [6, 6.07) is 4.99. The first kappa shape index (κ1) is 20.2. The maximum absolute atomic E-state index is 12.7. The van der Waals surface area contributed by atoms with Crippen molar-refractivity contribution in [3.63, 3.8) is 0 Å². The fourth-order valence-electron chi connectivity index (χ4n) is 2.57. The lowest BCUT2D eigenvalue weighted by molar-refractivity contribution is -0.274. The first-order chi connectivity index (χ1) is 11.4. The second kappa shape index (κ2) is 6.88. The maximum atomic E-state index is 12.7. The molecule has 1 aromatic rings. The Kier molecular flexibility index (Phi) is 5.56. The quantitative estimate of drug-likeness (QED) is 0.511. The summed E-state index contributed by atoms with van der Waals surface area (Å²) in [6.07, 6.45) is -4.78. The number of ketones is 1. The van der Waals surface area contributed by atoms with Crippen LogP contribution in [0.25, 0.3) is 0 Å². The highest BCUT2D eigenvalue weighted by Crippen LogP contribution is 2.35. The van der Waals surface area contributed by atoms with Gasteiger partial charge in [-0.05, 0) is 25.5 Å². The maximum Gasteiger partial charge on any atom is 0.573 e. The van der Waals surface area contributed by atoms with Crippen LogP contribution in [0.15, 0.2) is 24.3 Å². The highest BCUT2D eigenvalue weighted by atomic mass is 79.9. The van der Waals surface area contributed by atoms with E-state index in [0.717, 1.165) is 12.1 Å². The van der Waals surface area contributed by atoms with Crippen molar-refractivity contribution in [3.8, 4) is 5.75 Å². The molecule has 0 aliphatic carbocycles. The van der Waals surface area contributed by atoms with Crippen LogP contribution in [-0.4, -0.2) is 39.8 Å². The molecule has 0 saturated carbocycles. The van der Waals surface area contributed by atoms with Crippen molar-refractivity contribution < 1.29 is 27.5 Å². The van der Waals surface area contributed by atoms with Gasteiger partial charge in [0.25, 0.3) is 5.91 Å². The van der Waals surface area contributed by atoms with Crippen molar-refractivity contribution in [1.29, 1.82) is 0 Å². The number of ether oxygens (including phenoxy) is 1. The van der Waals surface area contributed by atoms with Crippen molar-refractivity contribution in [2.45, 2.75) is 29.6 Å². The van der Waals surface area contributed by atoms with Crippen molar-refractivity contribution in [2.75, 3.05) is 16.8 Å². The molecule has 138 valence electrons. The molecule has 0 radical (unpaired) electrons. The number of nitrogens with two attached hydrogens (primary N) is 1. The molecule has 0 spiro atoms. The Bertz CT molecular complexity index is 697. The molecular formula is C15H15Br2F3N2O3. The topological polar surface area (TPSA) is 72.6 Å². The van der Waals surface area contributed by atoms with E-state index >= 15 is 0 Å². The van der Waals surface area contributed by atoms with E-state index in [9.17, 15) is 22.8 Å². The molecule has 1 heterocycles. The fraction of sp³-hybridized carbons (Fsp3) is 0.467. The number of amides is 1. The number of Topliss-reactive ketones (excluding diaryl/α,β-unsaturated/α-hetero) is 1. The van der Waals surface area contributed by atoms with Crippen LogP contribution in [-0.2, 0) is 9.59 Å². The summed E-state index contributed by atoms with van der Waals surface area (Å²) in [5, 5.41) is 0.250. The molecule has 1 aliphatic rings. The minimum Gasteiger partial charge on any atom is -0.406 e. The molecule has 1 fully saturated rings. The minimum absolute atomic E-state index is 0.0587. The van der Waals surface area contributed by atoms with Gasteiger partial charge in [0.05, 0.1) is 4.32 Å². The number of hydrogen-bond acceptors (Lipinski definition) is 4. The first-order valence-corrected chi connectivity index (χ1v) is 9.08. The van der Waals surface area contributed by atoms with Crippen molar-refractivity contribution in [1.82, 2.24) is 0 Å². The summed E-state index contributed by atoms with van der Waals surface area (Å²) in [6.45, 7) is 1.70. The standard InChI is InChI=1S/C15H15Br2F3N2O3/c1-13(17,8-16)11(23)14(21)5-6-22(12(14)24)9-3-2-4-10(7-9)25-15(18,19)20/h2-4,7H,5-6,8,21H2,1H3. The molecule has 1 amide bonds. The van der Waals surface area contributed by atoms with E-state index in [1.807, 2.05) is 0 Å². The van der Waals surface area contributed by atoms with Crippen LogP contribution in [0.3, 0.4) is 0 Å².